The molecule has 1 atom stereocenters. The van der Waals surface area contributed by atoms with Crippen molar-refractivity contribution in [1.29, 1.82) is 0 Å². The first-order chi connectivity index (χ1) is 17.0. The van der Waals surface area contributed by atoms with Crippen LogP contribution in [0.1, 0.15) is 32.4 Å². The van der Waals surface area contributed by atoms with Gasteiger partial charge in [-0.25, -0.2) is 4.68 Å². The van der Waals surface area contributed by atoms with E-state index in [2.05, 4.69) is 20.6 Å². The largest absolute Gasteiger partial charge is 0.454 e. The van der Waals surface area contributed by atoms with Crippen molar-refractivity contribution in [1.82, 2.24) is 24.5 Å². The highest BCUT2D eigenvalue weighted by Crippen LogP contribution is 2.34. The lowest BCUT2D eigenvalue weighted by Crippen LogP contribution is -2.25. The quantitative estimate of drug-likeness (QED) is 0.360. The summed E-state index contributed by atoms with van der Waals surface area (Å²) >= 11 is 1.37. The van der Waals surface area contributed by atoms with E-state index in [-0.39, 0.29) is 18.7 Å². The Hall–Kier alpha value is -3.79. The topological polar surface area (TPSA) is 96.1 Å². The second-order valence-corrected chi connectivity index (χ2v) is 9.76. The van der Waals surface area contributed by atoms with Gasteiger partial charge in [0.25, 0.3) is 0 Å². The van der Waals surface area contributed by atoms with Gasteiger partial charge in [0.05, 0.1) is 18.0 Å². The Bertz CT molecular complexity index is 1330. The monoisotopic (exact) mass is 490 g/mol. The lowest BCUT2D eigenvalue weighted by atomic mass is 10.2. The molecular weight excluding hydrogens is 464 g/mol. The molecule has 9 nitrogen and oxygen atoms in total. The molecule has 1 amide bonds. The zero-order valence-corrected chi connectivity index (χ0v) is 20.5. The first-order valence-electron chi connectivity index (χ1n) is 11.4. The Morgan fingerprint density at radius 1 is 1.06 bits per heavy atom. The molecule has 1 aliphatic rings. The van der Waals surface area contributed by atoms with E-state index in [1.165, 1.54) is 11.8 Å². The number of benzene rings is 2. The van der Waals surface area contributed by atoms with Crippen LogP contribution >= 0.6 is 11.8 Å². The van der Waals surface area contributed by atoms with Crippen LogP contribution in [0.25, 0.3) is 11.4 Å². The average Bonchev–Trinajstić information content (AvgIpc) is 3.60. The maximum atomic E-state index is 13.0. The van der Waals surface area contributed by atoms with Crippen LogP contribution < -0.4 is 14.8 Å². The number of rotatable bonds is 8. The summed E-state index contributed by atoms with van der Waals surface area (Å²) in [6.45, 7) is 6.64. The third-order valence-corrected chi connectivity index (χ3v) is 6.67. The molecule has 180 valence electrons. The van der Waals surface area contributed by atoms with Crippen LogP contribution in [0.2, 0.25) is 0 Å². The molecule has 3 heterocycles. The van der Waals surface area contributed by atoms with Crippen molar-refractivity contribution in [3.8, 4) is 22.9 Å². The average molecular weight is 491 g/mol. The Morgan fingerprint density at radius 3 is 2.66 bits per heavy atom. The van der Waals surface area contributed by atoms with Gasteiger partial charge >= 0.3 is 0 Å². The van der Waals surface area contributed by atoms with Gasteiger partial charge < -0.3 is 14.8 Å². The summed E-state index contributed by atoms with van der Waals surface area (Å²) in [6.07, 6.45) is 1.68. The highest BCUT2D eigenvalue weighted by molar-refractivity contribution is 8.00. The van der Waals surface area contributed by atoms with Gasteiger partial charge in [-0.2, -0.15) is 5.10 Å². The molecule has 35 heavy (non-hydrogen) atoms. The number of thioether (sulfide) groups is 1. The maximum absolute atomic E-state index is 13.0. The summed E-state index contributed by atoms with van der Waals surface area (Å²) in [5.74, 6) is 2.73. The zero-order valence-electron chi connectivity index (χ0n) is 19.7. The third kappa shape index (κ3) is 4.88. The number of hydrogen-bond donors (Lipinski definition) is 1. The molecule has 0 fully saturated rings. The standard InChI is InChI=1S/C25H26N6O3S/c1-16(2)31-22(11-12-26-31)27-24(32)17(3)35-25-29-28-23(19-7-5-4-6-8-19)30(25)14-18-9-10-20-21(13-18)34-15-33-20/h4-13,16-17H,14-15H2,1-3H3,(H,27,32). The maximum Gasteiger partial charge on any atom is 0.238 e. The Balaban J connectivity index is 1.40. The molecule has 10 heteroatoms. The molecule has 2 aromatic carbocycles. The fourth-order valence-electron chi connectivity index (χ4n) is 3.81. The first-order valence-corrected chi connectivity index (χ1v) is 12.3. The van der Waals surface area contributed by atoms with Crippen molar-refractivity contribution in [2.45, 2.75) is 43.8 Å². The number of aromatic nitrogens is 5. The predicted molar refractivity (Wildman–Crippen MR) is 134 cm³/mol. The number of nitrogens with zero attached hydrogens (tertiary/aromatic N) is 5. The van der Waals surface area contributed by atoms with Gasteiger partial charge in [0.1, 0.15) is 5.82 Å². The van der Waals surface area contributed by atoms with Crippen LogP contribution in [0.4, 0.5) is 5.82 Å². The van der Waals surface area contributed by atoms with Crippen molar-refractivity contribution >= 4 is 23.5 Å². The SMILES string of the molecule is CC(Sc1nnc(-c2ccccc2)n1Cc1ccc2c(c1)OCO2)C(=O)Nc1ccnn1C(C)C. The van der Waals surface area contributed by atoms with E-state index >= 15 is 0 Å². The molecule has 4 aromatic rings. The molecule has 0 bridgehead atoms. The van der Waals surface area contributed by atoms with Crippen molar-refractivity contribution in [2.75, 3.05) is 12.1 Å². The number of nitrogens with one attached hydrogen (secondary N) is 1. The van der Waals surface area contributed by atoms with Crippen LogP contribution in [0.5, 0.6) is 11.5 Å². The molecule has 1 N–H and O–H groups in total. The number of anilines is 1. The number of ether oxygens (including phenoxy) is 2. The van der Waals surface area contributed by atoms with Gasteiger partial charge in [0, 0.05) is 17.7 Å². The summed E-state index contributed by atoms with van der Waals surface area (Å²) in [7, 11) is 0. The minimum absolute atomic E-state index is 0.128. The number of amides is 1. The summed E-state index contributed by atoms with van der Waals surface area (Å²) in [4.78, 5) is 13.0. The van der Waals surface area contributed by atoms with Crippen LogP contribution in [0.3, 0.4) is 0 Å². The summed E-state index contributed by atoms with van der Waals surface area (Å²) in [6, 6.07) is 17.7. The van der Waals surface area contributed by atoms with Crippen molar-refractivity contribution in [3.05, 3.63) is 66.4 Å². The highest BCUT2D eigenvalue weighted by atomic mass is 32.2. The van der Waals surface area contributed by atoms with E-state index in [0.717, 1.165) is 28.5 Å². The molecule has 0 radical (unpaired) electrons. The van der Waals surface area contributed by atoms with E-state index in [0.29, 0.717) is 17.5 Å². The Morgan fingerprint density at radius 2 is 1.86 bits per heavy atom. The second-order valence-electron chi connectivity index (χ2n) is 8.45. The lowest BCUT2D eigenvalue weighted by molar-refractivity contribution is -0.115. The number of carbonyl (C=O) groups excluding carboxylic acids is 1. The fourth-order valence-corrected chi connectivity index (χ4v) is 4.65. The molecule has 2 aromatic heterocycles. The molecule has 1 unspecified atom stereocenters. The van der Waals surface area contributed by atoms with Crippen molar-refractivity contribution in [2.24, 2.45) is 0 Å². The minimum Gasteiger partial charge on any atom is -0.454 e. The molecule has 0 aliphatic carbocycles. The van der Waals surface area contributed by atoms with E-state index in [9.17, 15) is 4.79 Å². The summed E-state index contributed by atoms with van der Waals surface area (Å²) in [5.41, 5.74) is 1.97. The van der Waals surface area contributed by atoms with Gasteiger partial charge in [-0.3, -0.25) is 9.36 Å². The van der Waals surface area contributed by atoms with E-state index in [1.54, 1.807) is 16.9 Å². The molecule has 0 saturated carbocycles. The Kier molecular flexibility index (Phi) is 6.45. The van der Waals surface area contributed by atoms with Gasteiger partial charge in [-0.1, -0.05) is 48.2 Å². The van der Waals surface area contributed by atoms with Crippen molar-refractivity contribution < 1.29 is 14.3 Å². The number of fused-ring (bicyclic) bond motifs is 1. The third-order valence-electron chi connectivity index (χ3n) is 5.59. The van der Waals surface area contributed by atoms with E-state index < -0.39 is 5.25 Å². The first kappa shape index (κ1) is 23.0. The molecule has 0 spiro atoms. The molecule has 1 aliphatic heterocycles. The second kappa shape index (κ2) is 9.83. The van der Waals surface area contributed by atoms with Crippen LogP contribution in [-0.2, 0) is 11.3 Å². The zero-order chi connectivity index (χ0) is 24.4. The van der Waals surface area contributed by atoms with Gasteiger partial charge in [0.2, 0.25) is 12.7 Å². The van der Waals surface area contributed by atoms with Crippen LogP contribution in [-0.4, -0.2) is 42.5 Å². The lowest BCUT2D eigenvalue weighted by Gasteiger charge is -2.16. The van der Waals surface area contributed by atoms with E-state index in [4.69, 9.17) is 9.47 Å². The van der Waals surface area contributed by atoms with E-state index in [1.807, 2.05) is 73.9 Å². The van der Waals surface area contributed by atoms with Gasteiger partial charge in [-0.05, 0) is 38.5 Å². The highest BCUT2D eigenvalue weighted by Gasteiger charge is 2.23. The van der Waals surface area contributed by atoms with Gasteiger partial charge in [0.15, 0.2) is 22.5 Å². The molecular formula is C25H26N6O3S. The van der Waals surface area contributed by atoms with Crippen LogP contribution in [0.15, 0.2) is 66.0 Å². The molecule has 0 saturated heterocycles. The summed E-state index contributed by atoms with van der Waals surface area (Å²) in [5, 5.41) is 16.4. The summed E-state index contributed by atoms with van der Waals surface area (Å²) < 4.78 is 14.8. The van der Waals surface area contributed by atoms with Gasteiger partial charge in [-0.15, -0.1) is 10.2 Å². The Labute approximate surface area is 207 Å². The predicted octanol–water partition coefficient (Wildman–Crippen LogP) is 4.62. The normalized spacial score (nSPS) is 13.3. The molecule has 5 rings (SSSR count). The van der Waals surface area contributed by atoms with Crippen LogP contribution in [0, 0.1) is 0 Å². The smallest absolute Gasteiger partial charge is 0.238 e. The number of carbonyl (C=O) groups is 1. The number of hydrogen-bond acceptors (Lipinski definition) is 7. The fraction of sp³-hybridized carbons (Fsp3) is 0.280. The van der Waals surface area contributed by atoms with Crippen molar-refractivity contribution in [3.63, 3.8) is 0 Å². The minimum atomic E-state index is -0.408.